The predicted molar refractivity (Wildman–Crippen MR) is 66.4 cm³/mol. The van der Waals surface area contributed by atoms with Crippen LogP contribution in [0.5, 0.6) is 0 Å². The van der Waals surface area contributed by atoms with Gasteiger partial charge in [-0.15, -0.1) is 0 Å². The van der Waals surface area contributed by atoms with Gasteiger partial charge < -0.3 is 10.6 Å². The zero-order valence-electron chi connectivity index (χ0n) is 10.7. The molecule has 2 rings (SSSR count). The molecule has 1 aromatic heterocycles. The summed E-state index contributed by atoms with van der Waals surface area (Å²) < 4.78 is 1.95. The van der Waals surface area contributed by atoms with E-state index in [1.54, 1.807) is 0 Å². The average molecular weight is 222 g/mol. The van der Waals surface area contributed by atoms with Crippen molar-refractivity contribution in [2.24, 2.45) is 24.6 Å². The van der Waals surface area contributed by atoms with Crippen LogP contribution in [0.15, 0.2) is 0 Å². The van der Waals surface area contributed by atoms with E-state index in [4.69, 9.17) is 5.73 Å². The standard InChI is InChI=1S/C12H22N4/c1-8-5-10(8)7-15(3)12-11(6-13)9(2)14-16(12)4/h8,10H,5-7,13H2,1-4H3. The van der Waals surface area contributed by atoms with E-state index in [1.165, 1.54) is 17.8 Å². The van der Waals surface area contributed by atoms with Gasteiger partial charge >= 0.3 is 0 Å². The van der Waals surface area contributed by atoms with Gasteiger partial charge in [0, 0.05) is 32.7 Å². The summed E-state index contributed by atoms with van der Waals surface area (Å²) in [7, 11) is 4.13. The lowest BCUT2D eigenvalue weighted by Gasteiger charge is -2.20. The van der Waals surface area contributed by atoms with Crippen molar-refractivity contribution in [2.45, 2.75) is 26.8 Å². The highest BCUT2D eigenvalue weighted by Gasteiger charge is 2.34. The minimum absolute atomic E-state index is 0.569. The van der Waals surface area contributed by atoms with E-state index in [-0.39, 0.29) is 0 Å². The topological polar surface area (TPSA) is 47.1 Å². The number of anilines is 1. The summed E-state index contributed by atoms with van der Waals surface area (Å²) in [4.78, 5) is 2.30. The molecule has 2 atom stereocenters. The molecular formula is C12H22N4. The molecule has 0 radical (unpaired) electrons. The molecule has 16 heavy (non-hydrogen) atoms. The van der Waals surface area contributed by atoms with Crippen molar-refractivity contribution in [3.8, 4) is 0 Å². The highest BCUT2D eigenvalue weighted by Crippen LogP contribution is 2.39. The lowest BCUT2D eigenvalue weighted by atomic mass is 10.2. The van der Waals surface area contributed by atoms with Gasteiger partial charge in [-0.25, -0.2) is 0 Å². The molecule has 2 N–H and O–H groups in total. The van der Waals surface area contributed by atoms with E-state index >= 15 is 0 Å². The van der Waals surface area contributed by atoms with Crippen LogP contribution in [0.4, 0.5) is 5.82 Å². The van der Waals surface area contributed by atoms with Crippen molar-refractivity contribution in [3.05, 3.63) is 11.3 Å². The van der Waals surface area contributed by atoms with E-state index < -0.39 is 0 Å². The second-order valence-corrected chi connectivity index (χ2v) is 5.07. The average Bonchev–Trinajstić information content (AvgIpc) is 2.79. The first-order valence-corrected chi connectivity index (χ1v) is 5.98. The van der Waals surface area contributed by atoms with Crippen LogP contribution in [0, 0.1) is 18.8 Å². The molecule has 0 bridgehead atoms. The van der Waals surface area contributed by atoms with Gasteiger partial charge in [0.25, 0.3) is 0 Å². The van der Waals surface area contributed by atoms with E-state index in [9.17, 15) is 0 Å². The normalized spacial score (nSPS) is 23.6. The molecule has 90 valence electrons. The molecule has 0 aromatic carbocycles. The zero-order chi connectivity index (χ0) is 11.9. The zero-order valence-corrected chi connectivity index (χ0v) is 10.7. The number of rotatable bonds is 4. The van der Waals surface area contributed by atoms with Crippen LogP contribution in [0.3, 0.4) is 0 Å². The van der Waals surface area contributed by atoms with Gasteiger partial charge in [0.15, 0.2) is 0 Å². The van der Waals surface area contributed by atoms with Crippen molar-refractivity contribution in [3.63, 3.8) is 0 Å². The monoisotopic (exact) mass is 222 g/mol. The highest BCUT2D eigenvalue weighted by molar-refractivity contribution is 5.49. The van der Waals surface area contributed by atoms with Gasteiger partial charge in [0.2, 0.25) is 0 Å². The number of aromatic nitrogens is 2. The Morgan fingerprint density at radius 2 is 2.19 bits per heavy atom. The minimum Gasteiger partial charge on any atom is -0.359 e. The maximum Gasteiger partial charge on any atom is 0.131 e. The van der Waals surface area contributed by atoms with Gasteiger partial charge in [0.05, 0.1) is 5.69 Å². The minimum atomic E-state index is 0.569. The summed E-state index contributed by atoms with van der Waals surface area (Å²) in [6, 6.07) is 0. The molecule has 0 spiro atoms. The maximum absolute atomic E-state index is 5.80. The van der Waals surface area contributed by atoms with Gasteiger partial charge in [-0.3, -0.25) is 4.68 Å². The Hall–Kier alpha value is -1.03. The molecule has 4 heteroatoms. The molecule has 2 unspecified atom stereocenters. The first-order chi connectivity index (χ1) is 7.54. The molecule has 0 saturated heterocycles. The maximum atomic E-state index is 5.80. The van der Waals surface area contributed by atoms with Crippen LogP contribution in [0.2, 0.25) is 0 Å². The van der Waals surface area contributed by atoms with Crippen molar-refractivity contribution in [2.75, 3.05) is 18.5 Å². The second-order valence-electron chi connectivity index (χ2n) is 5.07. The molecule has 4 nitrogen and oxygen atoms in total. The summed E-state index contributed by atoms with van der Waals surface area (Å²) in [5, 5.41) is 4.44. The number of nitrogens with zero attached hydrogens (tertiary/aromatic N) is 3. The van der Waals surface area contributed by atoms with E-state index in [0.29, 0.717) is 6.54 Å². The number of nitrogens with two attached hydrogens (primary N) is 1. The van der Waals surface area contributed by atoms with Crippen LogP contribution in [-0.2, 0) is 13.6 Å². The predicted octanol–water partition coefficient (Wildman–Crippen LogP) is 1.28. The smallest absolute Gasteiger partial charge is 0.131 e. The van der Waals surface area contributed by atoms with Crippen LogP contribution in [0.25, 0.3) is 0 Å². The fourth-order valence-electron chi connectivity index (χ4n) is 2.50. The van der Waals surface area contributed by atoms with Crippen LogP contribution < -0.4 is 10.6 Å². The number of hydrogen-bond donors (Lipinski definition) is 1. The Labute approximate surface area is 97.4 Å². The molecular weight excluding hydrogens is 200 g/mol. The quantitative estimate of drug-likeness (QED) is 0.835. The summed E-state index contributed by atoms with van der Waals surface area (Å²) in [5.41, 5.74) is 8.03. The van der Waals surface area contributed by atoms with E-state index in [1.807, 2.05) is 18.7 Å². The largest absolute Gasteiger partial charge is 0.359 e. The highest BCUT2D eigenvalue weighted by atomic mass is 15.4. The fourth-order valence-corrected chi connectivity index (χ4v) is 2.50. The SMILES string of the molecule is Cc1nn(C)c(N(C)CC2CC2C)c1CN. The Balaban J connectivity index is 2.17. The van der Waals surface area contributed by atoms with Gasteiger partial charge in [0.1, 0.15) is 5.82 Å². The molecule has 1 heterocycles. The summed E-state index contributed by atoms with van der Waals surface area (Å²) >= 11 is 0. The third-order valence-electron chi connectivity index (χ3n) is 3.66. The van der Waals surface area contributed by atoms with Crippen molar-refractivity contribution in [1.29, 1.82) is 0 Å². The second kappa shape index (κ2) is 4.09. The third kappa shape index (κ3) is 1.94. The van der Waals surface area contributed by atoms with E-state index in [2.05, 4.69) is 24.0 Å². The third-order valence-corrected chi connectivity index (χ3v) is 3.66. The van der Waals surface area contributed by atoms with Crippen LogP contribution in [-0.4, -0.2) is 23.4 Å². The number of hydrogen-bond acceptors (Lipinski definition) is 3. The molecule has 0 aliphatic heterocycles. The van der Waals surface area contributed by atoms with Crippen LogP contribution >= 0.6 is 0 Å². The molecule has 1 fully saturated rings. The first kappa shape index (κ1) is 11.5. The van der Waals surface area contributed by atoms with Gasteiger partial charge in [-0.1, -0.05) is 6.92 Å². The van der Waals surface area contributed by atoms with Crippen molar-refractivity contribution in [1.82, 2.24) is 9.78 Å². The molecule has 0 amide bonds. The lowest BCUT2D eigenvalue weighted by Crippen LogP contribution is -2.24. The Bertz CT molecular complexity index is 383. The molecule has 1 aromatic rings. The van der Waals surface area contributed by atoms with E-state index in [0.717, 1.165) is 24.1 Å². The molecule has 1 aliphatic carbocycles. The Morgan fingerprint density at radius 1 is 1.56 bits per heavy atom. The molecule has 1 saturated carbocycles. The van der Waals surface area contributed by atoms with Crippen molar-refractivity contribution < 1.29 is 0 Å². The van der Waals surface area contributed by atoms with Gasteiger partial charge in [-0.2, -0.15) is 5.10 Å². The van der Waals surface area contributed by atoms with Gasteiger partial charge in [-0.05, 0) is 25.2 Å². The van der Waals surface area contributed by atoms with Crippen LogP contribution in [0.1, 0.15) is 24.6 Å². The molecule has 1 aliphatic rings. The van der Waals surface area contributed by atoms with Crippen molar-refractivity contribution >= 4 is 5.82 Å². The first-order valence-electron chi connectivity index (χ1n) is 5.98. The number of aryl methyl sites for hydroxylation is 2. The Kier molecular flexibility index (Phi) is 2.93. The Morgan fingerprint density at radius 3 is 2.69 bits per heavy atom. The summed E-state index contributed by atoms with van der Waals surface area (Å²) in [6.07, 6.45) is 1.36. The summed E-state index contributed by atoms with van der Waals surface area (Å²) in [5.74, 6) is 2.92. The fraction of sp³-hybridized carbons (Fsp3) is 0.750. The lowest BCUT2D eigenvalue weighted by molar-refractivity contribution is 0.679. The summed E-state index contributed by atoms with van der Waals surface area (Å²) in [6.45, 7) is 6.03.